The smallest absolute Gasteiger partial charge is 0.320 e. The Morgan fingerprint density at radius 2 is 2.00 bits per heavy atom. The van der Waals surface area contributed by atoms with E-state index in [0.29, 0.717) is 23.7 Å². The van der Waals surface area contributed by atoms with Crippen LogP contribution in [0.25, 0.3) is 11.2 Å². The molecule has 0 amide bonds. The van der Waals surface area contributed by atoms with Crippen LogP contribution >= 0.6 is 0 Å². The van der Waals surface area contributed by atoms with E-state index in [2.05, 4.69) is 15.5 Å². The fourth-order valence-corrected chi connectivity index (χ4v) is 4.87. The number of hydrogen-bond donors (Lipinski definition) is 1. The molecule has 3 heterocycles. The number of nitrogens with one attached hydrogen (secondary N) is 1. The Kier molecular flexibility index (Phi) is 6.00. The maximum atomic E-state index is 13.9. The van der Waals surface area contributed by atoms with Gasteiger partial charge in [-0.2, -0.15) is 13.2 Å². The van der Waals surface area contributed by atoms with Gasteiger partial charge in [0, 0.05) is 31.9 Å². The van der Waals surface area contributed by atoms with E-state index in [1.165, 1.54) is 17.0 Å². The summed E-state index contributed by atoms with van der Waals surface area (Å²) < 4.78 is 46.0. The van der Waals surface area contributed by atoms with Crippen molar-refractivity contribution >= 4 is 5.52 Å². The van der Waals surface area contributed by atoms with E-state index in [0.717, 1.165) is 41.1 Å². The monoisotopic (exact) mass is 484 g/mol. The summed E-state index contributed by atoms with van der Waals surface area (Å²) in [7, 11) is 1.90. The van der Waals surface area contributed by atoms with E-state index in [1.807, 2.05) is 36.7 Å². The van der Waals surface area contributed by atoms with E-state index in [4.69, 9.17) is 0 Å². The van der Waals surface area contributed by atoms with Gasteiger partial charge in [-0.15, -0.1) is 10.2 Å². The first-order valence-corrected chi connectivity index (χ1v) is 11.8. The predicted molar refractivity (Wildman–Crippen MR) is 126 cm³/mol. The summed E-state index contributed by atoms with van der Waals surface area (Å²) in [5.41, 5.74) is 0.342. The summed E-state index contributed by atoms with van der Waals surface area (Å²) in [4.78, 5) is 13.3. The van der Waals surface area contributed by atoms with Crippen molar-refractivity contribution in [3.05, 3.63) is 82.1 Å². The van der Waals surface area contributed by atoms with E-state index in [-0.39, 0.29) is 18.0 Å². The summed E-state index contributed by atoms with van der Waals surface area (Å²) in [6.07, 6.45) is 3.13. The molecular weight excluding hydrogens is 457 g/mol. The normalized spacial score (nSPS) is 15.5. The van der Waals surface area contributed by atoms with Gasteiger partial charge in [0.25, 0.3) is 0 Å². The number of pyridine rings is 1. The van der Waals surface area contributed by atoms with Crippen LogP contribution in [0.2, 0.25) is 0 Å². The second-order valence-corrected chi connectivity index (χ2v) is 9.14. The largest absolute Gasteiger partial charge is 0.418 e. The fourth-order valence-electron chi connectivity index (χ4n) is 4.87. The number of hydrogen-bond acceptors (Lipinski definition) is 4. The van der Waals surface area contributed by atoms with Crippen LogP contribution in [0.5, 0.6) is 0 Å². The lowest BCUT2D eigenvalue weighted by Crippen LogP contribution is -2.24. The second kappa shape index (κ2) is 8.99. The van der Waals surface area contributed by atoms with Gasteiger partial charge in [0.05, 0.1) is 16.8 Å². The third-order valence-corrected chi connectivity index (χ3v) is 6.86. The van der Waals surface area contributed by atoms with Crippen molar-refractivity contribution in [3.8, 4) is 5.69 Å². The third-order valence-electron chi connectivity index (χ3n) is 6.86. The molecule has 1 aliphatic carbocycles. The molecule has 0 bridgehead atoms. The zero-order valence-electron chi connectivity index (χ0n) is 19.6. The molecule has 184 valence electrons. The lowest BCUT2D eigenvalue weighted by molar-refractivity contribution is -0.136. The van der Waals surface area contributed by atoms with E-state index in [1.54, 1.807) is 12.4 Å². The van der Waals surface area contributed by atoms with Crippen molar-refractivity contribution in [2.24, 2.45) is 13.0 Å². The molecule has 1 fully saturated rings. The summed E-state index contributed by atoms with van der Waals surface area (Å²) in [5, 5.41) is 11.4. The first-order valence-electron chi connectivity index (χ1n) is 11.8. The van der Waals surface area contributed by atoms with Gasteiger partial charge in [0.15, 0.2) is 0 Å². The first kappa shape index (κ1) is 23.3. The van der Waals surface area contributed by atoms with Gasteiger partial charge in [0.1, 0.15) is 12.2 Å². The molecule has 5 rings (SSSR count). The van der Waals surface area contributed by atoms with Gasteiger partial charge in [0.2, 0.25) is 0 Å². The topological polar surface area (TPSA) is 69.2 Å². The Morgan fingerprint density at radius 3 is 2.63 bits per heavy atom. The molecule has 0 spiro atoms. The Balaban J connectivity index is 1.63. The van der Waals surface area contributed by atoms with Gasteiger partial charge in [-0.05, 0) is 54.6 Å². The molecule has 3 aromatic heterocycles. The first-order chi connectivity index (χ1) is 16.8. The minimum atomic E-state index is -4.59. The predicted octanol–water partition coefficient (Wildman–Crippen LogP) is 4.28. The van der Waals surface area contributed by atoms with Crippen LogP contribution in [-0.2, 0) is 19.8 Å². The van der Waals surface area contributed by atoms with Crippen LogP contribution in [0.15, 0.2) is 53.8 Å². The molecule has 0 aliphatic heterocycles. The van der Waals surface area contributed by atoms with E-state index in [9.17, 15) is 18.0 Å². The number of aromatic nitrogens is 5. The lowest BCUT2D eigenvalue weighted by Gasteiger charge is -2.33. The molecular formula is C25H27F3N6O. The summed E-state index contributed by atoms with van der Waals surface area (Å²) in [6, 6.07) is 8.55. The number of aryl methyl sites for hydroxylation is 1. The van der Waals surface area contributed by atoms with Crippen LogP contribution in [0.1, 0.15) is 54.6 Å². The third kappa shape index (κ3) is 4.27. The average Bonchev–Trinajstić information content (AvgIpc) is 3.36. The number of rotatable bonds is 7. The van der Waals surface area contributed by atoms with Crippen LogP contribution in [0.3, 0.4) is 0 Å². The zero-order valence-corrected chi connectivity index (χ0v) is 19.6. The van der Waals surface area contributed by atoms with Crippen molar-refractivity contribution in [2.45, 2.75) is 44.8 Å². The molecule has 1 aliphatic rings. The zero-order chi connectivity index (χ0) is 24.7. The SMILES string of the molecule is CCNCc1cc(C(F)(F)F)c2cn(-c3cccc([C@H](c4nncn4C)C4CCC4)c3)c(=O)n2c1. The van der Waals surface area contributed by atoms with Crippen molar-refractivity contribution < 1.29 is 13.2 Å². The van der Waals surface area contributed by atoms with Gasteiger partial charge < -0.3 is 9.88 Å². The highest BCUT2D eigenvalue weighted by atomic mass is 19.4. The summed E-state index contributed by atoms with van der Waals surface area (Å²) in [5.74, 6) is 1.25. The van der Waals surface area contributed by atoms with Crippen molar-refractivity contribution in [2.75, 3.05) is 6.54 Å². The van der Waals surface area contributed by atoms with Crippen molar-refractivity contribution in [1.29, 1.82) is 0 Å². The highest BCUT2D eigenvalue weighted by molar-refractivity contribution is 5.58. The molecule has 1 aromatic carbocycles. The van der Waals surface area contributed by atoms with E-state index < -0.39 is 17.4 Å². The van der Waals surface area contributed by atoms with Gasteiger partial charge in [-0.1, -0.05) is 25.5 Å². The number of alkyl halides is 3. The highest BCUT2D eigenvalue weighted by Gasteiger charge is 2.35. The summed E-state index contributed by atoms with van der Waals surface area (Å²) >= 11 is 0. The maximum absolute atomic E-state index is 13.9. The quantitative estimate of drug-likeness (QED) is 0.425. The van der Waals surface area contributed by atoms with Gasteiger partial charge >= 0.3 is 11.9 Å². The van der Waals surface area contributed by atoms with Crippen molar-refractivity contribution in [3.63, 3.8) is 0 Å². The molecule has 4 aromatic rings. The number of benzene rings is 1. The molecule has 35 heavy (non-hydrogen) atoms. The molecule has 1 N–H and O–H groups in total. The standard InChI is InChI=1S/C25H27F3N6O/c1-3-29-12-16-10-20(25(26,27)28)21-14-33(24(35)34(21)13-16)19-9-5-8-18(11-19)22(17-6-4-7-17)23-31-30-15-32(23)2/h5,8-11,13-15,17,22,29H,3-4,6-7,12H2,1-2H3/t22-/m1/s1. The van der Waals surface area contributed by atoms with Gasteiger partial charge in [-0.25, -0.2) is 4.79 Å². The Labute approximate surface area is 200 Å². The lowest BCUT2D eigenvalue weighted by atomic mass is 9.72. The second-order valence-electron chi connectivity index (χ2n) is 9.14. The summed E-state index contributed by atoms with van der Waals surface area (Å²) in [6.45, 7) is 2.72. The molecule has 0 unspecified atom stereocenters. The van der Waals surface area contributed by atoms with Crippen LogP contribution in [0.4, 0.5) is 13.2 Å². The van der Waals surface area contributed by atoms with Crippen LogP contribution in [-0.4, -0.2) is 30.3 Å². The van der Waals surface area contributed by atoms with Crippen molar-refractivity contribution in [1.82, 2.24) is 29.0 Å². The highest BCUT2D eigenvalue weighted by Crippen LogP contribution is 2.43. The minimum Gasteiger partial charge on any atom is -0.320 e. The Hall–Kier alpha value is -3.40. The Morgan fingerprint density at radius 1 is 1.20 bits per heavy atom. The molecule has 1 atom stereocenters. The Bertz CT molecular complexity index is 1410. The molecule has 0 saturated heterocycles. The number of fused-ring (bicyclic) bond motifs is 1. The number of imidazole rings is 1. The molecule has 0 radical (unpaired) electrons. The maximum Gasteiger partial charge on any atom is 0.418 e. The van der Waals surface area contributed by atoms with E-state index >= 15 is 0 Å². The van der Waals surface area contributed by atoms with Crippen LogP contribution < -0.4 is 11.0 Å². The molecule has 1 saturated carbocycles. The molecule has 10 heteroatoms. The average molecular weight is 485 g/mol. The minimum absolute atomic E-state index is 0.00129. The fraction of sp³-hybridized carbons (Fsp3) is 0.400. The number of halogens is 3. The molecule has 7 nitrogen and oxygen atoms in total. The van der Waals surface area contributed by atoms with Crippen LogP contribution in [0, 0.1) is 5.92 Å². The van der Waals surface area contributed by atoms with Gasteiger partial charge in [-0.3, -0.25) is 8.97 Å². The number of nitrogens with zero attached hydrogens (tertiary/aromatic N) is 5.